The van der Waals surface area contributed by atoms with Gasteiger partial charge in [-0.15, -0.1) is 0 Å². The fourth-order valence-corrected chi connectivity index (χ4v) is 4.61. The molecule has 0 aromatic heterocycles. The van der Waals surface area contributed by atoms with Crippen LogP contribution in [0.4, 0.5) is 0 Å². The fraction of sp³-hybridized carbons (Fsp3) is 0.438. The minimum absolute atomic E-state index is 0.0115. The van der Waals surface area contributed by atoms with E-state index >= 15 is 0 Å². The topological polar surface area (TPSA) is 127 Å². The number of benzene rings is 1. The first-order valence-electron chi connectivity index (χ1n) is 7.67. The number of carboxylic acid groups (broad SMARTS) is 1. The molecule has 9 nitrogen and oxygen atoms in total. The van der Waals surface area contributed by atoms with Crippen LogP contribution in [0.1, 0.15) is 27.6 Å². The molecule has 0 radical (unpaired) electrons. The summed E-state index contributed by atoms with van der Waals surface area (Å²) in [6.07, 6.45) is 0. The molecule has 0 amide bonds. The number of rotatable bonds is 5. The van der Waals surface area contributed by atoms with Crippen molar-refractivity contribution in [1.29, 1.82) is 0 Å². The molecular formula is C16H19NO8S. The zero-order valence-corrected chi connectivity index (χ0v) is 15.3. The smallest absolute Gasteiger partial charge is 0.339 e. The van der Waals surface area contributed by atoms with Gasteiger partial charge in [-0.25, -0.2) is 18.0 Å². The second-order valence-electron chi connectivity index (χ2n) is 5.94. The second kappa shape index (κ2) is 7.42. The quantitative estimate of drug-likeness (QED) is 0.730. The summed E-state index contributed by atoms with van der Waals surface area (Å²) in [7, 11) is -1.98. The van der Waals surface area contributed by atoms with Gasteiger partial charge in [-0.3, -0.25) is 4.79 Å². The third kappa shape index (κ3) is 3.56. The fourth-order valence-electron chi connectivity index (χ4n) is 2.84. The first-order valence-corrected chi connectivity index (χ1v) is 9.11. The number of ether oxygens (including phenoxy) is 2. The molecule has 0 aliphatic carbocycles. The van der Waals surface area contributed by atoms with E-state index in [9.17, 15) is 27.9 Å². The lowest BCUT2D eigenvalue weighted by atomic mass is 9.99. The Bertz CT molecular complexity index is 848. The predicted molar refractivity (Wildman–Crippen MR) is 88.2 cm³/mol. The second-order valence-corrected chi connectivity index (χ2v) is 7.84. The van der Waals surface area contributed by atoms with Crippen LogP contribution in [0.25, 0.3) is 0 Å². The number of carbonyl (C=O) groups excluding carboxylic acids is 2. The highest BCUT2D eigenvalue weighted by Crippen LogP contribution is 2.31. The highest BCUT2D eigenvalue weighted by atomic mass is 32.2. The Hall–Kier alpha value is -2.46. The molecule has 2 atom stereocenters. The van der Waals surface area contributed by atoms with E-state index in [0.29, 0.717) is 0 Å². The first-order chi connectivity index (χ1) is 12.1. The van der Waals surface area contributed by atoms with Gasteiger partial charge in [-0.05, 0) is 24.1 Å². The summed E-state index contributed by atoms with van der Waals surface area (Å²) in [5, 5.41) is 9.21. The molecule has 1 N–H and O–H groups in total. The van der Waals surface area contributed by atoms with Crippen molar-refractivity contribution in [2.24, 2.45) is 11.8 Å². The van der Waals surface area contributed by atoms with Gasteiger partial charge in [0.15, 0.2) is 0 Å². The van der Waals surface area contributed by atoms with E-state index in [1.165, 1.54) is 12.1 Å². The van der Waals surface area contributed by atoms with Crippen LogP contribution in [0.2, 0.25) is 0 Å². The number of methoxy groups -OCH3 is 2. The highest BCUT2D eigenvalue weighted by Gasteiger charge is 2.42. The van der Waals surface area contributed by atoms with Gasteiger partial charge in [-0.1, -0.05) is 6.92 Å². The Morgan fingerprint density at radius 1 is 1.12 bits per heavy atom. The molecule has 142 valence electrons. The maximum absolute atomic E-state index is 13.0. The molecule has 0 saturated carbocycles. The monoisotopic (exact) mass is 385 g/mol. The molecule has 10 heteroatoms. The molecule has 1 aromatic rings. The molecule has 1 aliphatic rings. The van der Waals surface area contributed by atoms with E-state index in [-0.39, 0.29) is 24.2 Å². The van der Waals surface area contributed by atoms with Crippen LogP contribution in [-0.2, 0) is 24.3 Å². The number of hydrogen-bond donors (Lipinski definition) is 1. The summed E-state index contributed by atoms with van der Waals surface area (Å²) in [6.45, 7) is 1.41. The number of esters is 2. The summed E-state index contributed by atoms with van der Waals surface area (Å²) < 4.78 is 36.2. The van der Waals surface area contributed by atoms with Crippen molar-refractivity contribution in [1.82, 2.24) is 4.31 Å². The van der Waals surface area contributed by atoms with Gasteiger partial charge in [0, 0.05) is 13.1 Å². The van der Waals surface area contributed by atoms with Crippen molar-refractivity contribution in [3.63, 3.8) is 0 Å². The molecule has 1 aromatic carbocycles. The van der Waals surface area contributed by atoms with Crippen molar-refractivity contribution >= 4 is 27.9 Å². The van der Waals surface area contributed by atoms with Crippen molar-refractivity contribution in [3.8, 4) is 0 Å². The number of nitrogens with zero attached hydrogens (tertiary/aromatic N) is 1. The zero-order valence-electron chi connectivity index (χ0n) is 14.5. The predicted octanol–water partition coefficient (Wildman–Crippen LogP) is 0.601. The lowest BCUT2D eigenvalue weighted by Gasteiger charge is -2.18. The molecule has 0 unspecified atom stereocenters. The van der Waals surface area contributed by atoms with Crippen LogP contribution < -0.4 is 0 Å². The molecule has 26 heavy (non-hydrogen) atoms. The summed E-state index contributed by atoms with van der Waals surface area (Å²) in [5.41, 5.74) is -0.299. The molecule has 2 rings (SSSR count). The van der Waals surface area contributed by atoms with Gasteiger partial charge < -0.3 is 14.6 Å². The van der Waals surface area contributed by atoms with Crippen LogP contribution in [0, 0.1) is 11.8 Å². The van der Waals surface area contributed by atoms with Crippen molar-refractivity contribution in [2.45, 2.75) is 11.8 Å². The van der Waals surface area contributed by atoms with Gasteiger partial charge in [0.05, 0.1) is 36.2 Å². The molecule has 1 fully saturated rings. The van der Waals surface area contributed by atoms with Crippen LogP contribution in [0.3, 0.4) is 0 Å². The number of carboxylic acids is 1. The number of aliphatic carboxylic acids is 1. The van der Waals surface area contributed by atoms with Gasteiger partial charge >= 0.3 is 17.9 Å². The van der Waals surface area contributed by atoms with Gasteiger partial charge in [0.1, 0.15) is 0 Å². The zero-order chi connectivity index (χ0) is 19.6. The van der Waals surface area contributed by atoms with Crippen LogP contribution in [0.5, 0.6) is 0 Å². The van der Waals surface area contributed by atoms with Crippen LogP contribution in [0.15, 0.2) is 23.1 Å². The van der Waals surface area contributed by atoms with Crippen molar-refractivity contribution < 1.29 is 37.4 Å². The third-order valence-electron chi connectivity index (χ3n) is 4.32. The highest BCUT2D eigenvalue weighted by molar-refractivity contribution is 7.89. The molecule has 1 heterocycles. The Balaban J connectivity index is 2.55. The number of sulfonamides is 1. The average Bonchev–Trinajstić information content (AvgIpc) is 3.02. The van der Waals surface area contributed by atoms with Gasteiger partial charge in [-0.2, -0.15) is 4.31 Å². The maximum Gasteiger partial charge on any atom is 0.339 e. The first kappa shape index (κ1) is 19.9. The van der Waals surface area contributed by atoms with E-state index in [1.54, 1.807) is 6.92 Å². The summed E-state index contributed by atoms with van der Waals surface area (Å²) in [4.78, 5) is 34.5. The lowest BCUT2D eigenvalue weighted by Crippen LogP contribution is -2.31. The Labute approximate surface area is 150 Å². The molecular weight excluding hydrogens is 366 g/mol. The molecule has 1 saturated heterocycles. The van der Waals surface area contributed by atoms with E-state index in [4.69, 9.17) is 0 Å². The Kier molecular flexibility index (Phi) is 5.67. The standard InChI is InChI=1S/C16H19NO8S/c1-9-7-17(8-12(9)14(18)19)26(22,23)13-6-10(15(20)24-2)4-5-11(13)16(21)25-3/h4-6,9,12H,7-8H2,1-3H3,(H,18,19)/t9-,12-/m1/s1. The van der Waals surface area contributed by atoms with Gasteiger partial charge in [0.2, 0.25) is 10.0 Å². The average molecular weight is 385 g/mol. The molecule has 1 aliphatic heterocycles. The minimum Gasteiger partial charge on any atom is -0.481 e. The Morgan fingerprint density at radius 2 is 1.73 bits per heavy atom. The molecule has 0 spiro atoms. The van der Waals surface area contributed by atoms with Gasteiger partial charge in [0.25, 0.3) is 0 Å². The van der Waals surface area contributed by atoms with E-state index < -0.39 is 44.7 Å². The summed E-state index contributed by atoms with van der Waals surface area (Å²) >= 11 is 0. The Morgan fingerprint density at radius 3 is 2.23 bits per heavy atom. The third-order valence-corrected chi connectivity index (χ3v) is 6.19. The molecule has 0 bridgehead atoms. The normalized spacial score (nSPS) is 20.6. The van der Waals surface area contributed by atoms with Crippen molar-refractivity contribution in [2.75, 3.05) is 27.3 Å². The van der Waals surface area contributed by atoms with Crippen LogP contribution in [-0.4, -0.2) is 63.0 Å². The lowest BCUT2D eigenvalue weighted by molar-refractivity contribution is -0.142. The van der Waals surface area contributed by atoms with E-state index in [1.807, 2.05) is 0 Å². The summed E-state index contributed by atoms with van der Waals surface area (Å²) in [6, 6.07) is 3.45. The number of carbonyl (C=O) groups is 3. The van der Waals surface area contributed by atoms with Crippen molar-refractivity contribution in [3.05, 3.63) is 29.3 Å². The minimum atomic E-state index is -4.23. The van der Waals surface area contributed by atoms with Crippen LogP contribution >= 0.6 is 0 Å². The van der Waals surface area contributed by atoms with E-state index in [0.717, 1.165) is 24.6 Å². The summed E-state index contributed by atoms with van der Waals surface area (Å²) in [5.74, 6) is -3.99. The maximum atomic E-state index is 13.0. The largest absolute Gasteiger partial charge is 0.481 e. The number of hydrogen-bond acceptors (Lipinski definition) is 7. The SMILES string of the molecule is COC(=O)c1ccc(C(=O)OC)c(S(=O)(=O)N2C[C@@H](C)[C@H](C(=O)O)C2)c1. The van der Waals surface area contributed by atoms with E-state index in [2.05, 4.69) is 9.47 Å².